The number of rotatable bonds is 5. The van der Waals surface area contributed by atoms with Crippen LogP contribution in [0.15, 0.2) is 22.9 Å². The summed E-state index contributed by atoms with van der Waals surface area (Å²) in [5, 5.41) is 1.03. The van der Waals surface area contributed by atoms with Crippen molar-refractivity contribution < 1.29 is 9.47 Å². The van der Waals surface area contributed by atoms with Crippen LogP contribution in [0.25, 0.3) is 22.1 Å². The van der Waals surface area contributed by atoms with E-state index in [1.807, 2.05) is 19.2 Å². The Morgan fingerprint density at radius 2 is 2.12 bits per heavy atom. The van der Waals surface area contributed by atoms with Crippen LogP contribution in [0.4, 0.5) is 0 Å². The van der Waals surface area contributed by atoms with Gasteiger partial charge in [0.2, 0.25) is 0 Å². The quantitative estimate of drug-likeness (QED) is 0.606. The number of pyridine rings is 2. The van der Waals surface area contributed by atoms with Crippen LogP contribution in [0.1, 0.15) is 25.6 Å². The lowest BCUT2D eigenvalue weighted by molar-refractivity contribution is 0.0603. The van der Waals surface area contributed by atoms with Crippen molar-refractivity contribution in [2.75, 3.05) is 19.8 Å². The molecule has 4 heterocycles. The molecule has 132 valence electrons. The molecule has 3 aromatic heterocycles. The Labute approximate surface area is 154 Å². The van der Waals surface area contributed by atoms with E-state index in [9.17, 15) is 0 Å². The zero-order valence-electron chi connectivity index (χ0n) is 14.2. The summed E-state index contributed by atoms with van der Waals surface area (Å²) in [7, 11) is 0. The first-order chi connectivity index (χ1) is 12.3. The summed E-state index contributed by atoms with van der Waals surface area (Å²) < 4.78 is 14.3. The Hall–Kier alpha value is -1.57. The molecule has 4 rings (SSSR count). The van der Waals surface area contributed by atoms with E-state index in [4.69, 9.17) is 14.5 Å². The molecule has 7 heteroatoms. The first-order valence-corrected chi connectivity index (χ1v) is 9.51. The van der Waals surface area contributed by atoms with E-state index in [0.717, 1.165) is 65.1 Å². The fraction of sp³-hybridized carbons (Fsp3) is 0.500. The van der Waals surface area contributed by atoms with Crippen molar-refractivity contribution in [3.63, 3.8) is 0 Å². The van der Waals surface area contributed by atoms with E-state index >= 15 is 0 Å². The van der Waals surface area contributed by atoms with Gasteiger partial charge in [-0.05, 0) is 53.7 Å². The molecular weight excluding hydrogens is 384 g/mol. The smallest absolute Gasteiger partial charge is 0.162 e. The van der Waals surface area contributed by atoms with E-state index in [1.165, 1.54) is 0 Å². The fourth-order valence-electron chi connectivity index (χ4n) is 3.41. The molecule has 0 bridgehead atoms. The maximum absolute atomic E-state index is 5.66. The summed E-state index contributed by atoms with van der Waals surface area (Å²) in [4.78, 5) is 13.8. The summed E-state index contributed by atoms with van der Waals surface area (Å²) >= 11 is 3.43. The van der Waals surface area contributed by atoms with Crippen LogP contribution in [0, 0.1) is 5.92 Å². The minimum absolute atomic E-state index is 0.514. The largest absolute Gasteiger partial charge is 0.381 e. The first-order valence-electron chi connectivity index (χ1n) is 8.72. The molecule has 1 fully saturated rings. The third-order valence-electron chi connectivity index (χ3n) is 4.70. The molecule has 3 aromatic rings. The van der Waals surface area contributed by atoms with Gasteiger partial charge in [0.25, 0.3) is 0 Å². The normalized spacial score (nSPS) is 16.1. The van der Waals surface area contributed by atoms with E-state index in [1.54, 1.807) is 0 Å². The van der Waals surface area contributed by atoms with E-state index in [2.05, 4.69) is 36.5 Å². The number of halogens is 1. The Morgan fingerprint density at radius 3 is 2.92 bits per heavy atom. The molecule has 0 saturated carbocycles. The topological polar surface area (TPSA) is 62.1 Å². The van der Waals surface area contributed by atoms with Crippen molar-refractivity contribution >= 4 is 38.0 Å². The van der Waals surface area contributed by atoms with Crippen molar-refractivity contribution in [2.45, 2.75) is 32.9 Å². The number of hydrogen-bond donors (Lipinski definition) is 0. The lowest BCUT2D eigenvalue weighted by Gasteiger charge is -2.23. The Balaban J connectivity index is 1.84. The molecule has 6 nitrogen and oxygen atoms in total. The Kier molecular flexibility index (Phi) is 4.96. The van der Waals surface area contributed by atoms with Crippen LogP contribution in [0.2, 0.25) is 0 Å². The molecule has 25 heavy (non-hydrogen) atoms. The minimum atomic E-state index is 0.514. The molecular formula is C18H21BrN4O2. The Bertz CT molecular complexity index is 890. The zero-order chi connectivity index (χ0) is 17.2. The summed E-state index contributed by atoms with van der Waals surface area (Å²) in [6, 6.07) is 4.02. The van der Waals surface area contributed by atoms with Crippen LogP contribution in [-0.4, -0.2) is 39.3 Å². The summed E-state index contributed by atoms with van der Waals surface area (Å²) in [5.74, 6) is 1.55. The van der Waals surface area contributed by atoms with Gasteiger partial charge in [-0.25, -0.2) is 15.0 Å². The van der Waals surface area contributed by atoms with E-state index < -0.39 is 0 Å². The molecule has 0 unspecified atom stereocenters. The van der Waals surface area contributed by atoms with E-state index in [0.29, 0.717) is 19.1 Å². The number of nitrogens with zero attached hydrogens (tertiary/aromatic N) is 4. The summed E-state index contributed by atoms with van der Waals surface area (Å²) in [6.07, 6.45) is 3.98. The van der Waals surface area contributed by atoms with Gasteiger partial charge in [-0.1, -0.05) is 0 Å². The van der Waals surface area contributed by atoms with Gasteiger partial charge < -0.3 is 14.0 Å². The van der Waals surface area contributed by atoms with Gasteiger partial charge in [0.05, 0.1) is 11.7 Å². The minimum Gasteiger partial charge on any atom is -0.381 e. The van der Waals surface area contributed by atoms with Crippen LogP contribution < -0.4 is 0 Å². The molecule has 0 spiro atoms. The fourth-order valence-corrected chi connectivity index (χ4v) is 3.71. The number of aromatic nitrogens is 4. The highest BCUT2D eigenvalue weighted by molar-refractivity contribution is 9.10. The average Bonchev–Trinajstić information content (AvgIpc) is 2.98. The van der Waals surface area contributed by atoms with Crippen molar-refractivity contribution in [1.82, 2.24) is 19.5 Å². The maximum Gasteiger partial charge on any atom is 0.162 e. The number of ether oxygens (including phenoxy) is 2. The predicted molar refractivity (Wildman–Crippen MR) is 99.4 cm³/mol. The second-order valence-corrected chi connectivity index (χ2v) is 7.14. The molecule has 1 aliphatic rings. The first kappa shape index (κ1) is 16.9. The Morgan fingerprint density at radius 1 is 1.28 bits per heavy atom. The van der Waals surface area contributed by atoms with Gasteiger partial charge in [0.15, 0.2) is 5.65 Å². The van der Waals surface area contributed by atoms with Crippen LogP contribution in [0.3, 0.4) is 0 Å². The van der Waals surface area contributed by atoms with Gasteiger partial charge >= 0.3 is 0 Å². The lowest BCUT2D eigenvalue weighted by Crippen LogP contribution is -2.21. The van der Waals surface area contributed by atoms with Crippen molar-refractivity contribution in [3.8, 4) is 0 Å². The molecule has 0 aromatic carbocycles. The molecule has 0 radical (unpaired) electrons. The zero-order valence-corrected chi connectivity index (χ0v) is 15.8. The molecule has 0 N–H and O–H groups in total. The number of fused-ring (bicyclic) bond motifs is 3. The summed E-state index contributed by atoms with van der Waals surface area (Å²) in [6.45, 7) is 5.80. The molecule has 1 saturated heterocycles. The summed E-state index contributed by atoms with van der Waals surface area (Å²) in [5.41, 5.74) is 2.74. The molecule has 0 amide bonds. The monoisotopic (exact) mass is 404 g/mol. The third kappa shape index (κ3) is 3.41. The number of hydrogen-bond acceptors (Lipinski definition) is 5. The molecule has 0 atom stereocenters. The third-order valence-corrected chi connectivity index (χ3v) is 5.14. The van der Waals surface area contributed by atoms with Gasteiger partial charge in [-0.15, -0.1) is 0 Å². The SMILES string of the molecule is CCOCc1nc2cnc3nc(Br)ccc3c2n1CC1CCOCC1. The van der Waals surface area contributed by atoms with Crippen LogP contribution in [-0.2, 0) is 22.6 Å². The second-order valence-electron chi connectivity index (χ2n) is 6.33. The molecule has 1 aliphatic heterocycles. The second kappa shape index (κ2) is 7.35. The molecule has 0 aliphatic carbocycles. The van der Waals surface area contributed by atoms with Gasteiger partial charge in [0, 0.05) is 31.8 Å². The predicted octanol–water partition coefficient (Wildman–Crippen LogP) is 3.71. The van der Waals surface area contributed by atoms with Gasteiger partial charge in [-0.3, -0.25) is 0 Å². The van der Waals surface area contributed by atoms with Gasteiger partial charge in [-0.2, -0.15) is 0 Å². The van der Waals surface area contributed by atoms with Crippen molar-refractivity contribution in [1.29, 1.82) is 0 Å². The maximum atomic E-state index is 5.66. The highest BCUT2D eigenvalue weighted by Gasteiger charge is 2.20. The highest BCUT2D eigenvalue weighted by atomic mass is 79.9. The lowest BCUT2D eigenvalue weighted by atomic mass is 10.00. The average molecular weight is 405 g/mol. The highest BCUT2D eigenvalue weighted by Crippen LogP contribution is 2.28. The number of imidazole rings is 1. The van der Waals surface area contributed by atoms with Gasteiger partial charge in [0.1, 0.15) is 22.6 Å². The van der Waals surface area contributed by atoms with E-state index in [-0.39, 0.29) is 0 Å². The van der Waals surface area contributed by atoms with Crippen molar-refractivity contribution in [2.24, 2.45) is 5.92 Å². The standard InChI is InChI=1S/C18H21BrN4O2/c1-2-24-11-16-21-14-9-20-18-13(3-4-15(19)22-18)17(14)23(16)10-12-5-7-25-8-6-12/h3-4,9,12H,2,5-8,10-11H2,1H3. The van der Waals surface area contributed by atoms with Crippen LogP contribution >= 0.6 is 15.9 Å². The van der Waals surface area contributed by atoms with Crippen molar-refractivity contribution in [3.05, 3.63) is 28.8 Å². The van der Waals surface area contributed by atoms with Crippen LogP contribution in [0.5, 0.6) is 0 Å².